The molecule has 0 spiro atoms. The van der Waals surface area contributed by atoms with E-state index >= 15 is 0 Å². The fraction of sp³-hybridized carbons (Fsp3) is 0.458. The number of amidine groups is 1. The number of hydrogen-bond acceptors (Lipinski definition) is 7. The van der Waals surface area contributed by atoms with E-state index in [4.69, 9.17) is 10.5 Å². The number of aliphatic imine (C=N–C) groups is 1. The van der Waals surface area contributed by atoms with E-state index in [1.54, 1.807) is 6.92 Å². The minimum absolute atomic E-state index is 0.0120. The number of pyridine rings is 1. The lowest BCUT2D eigenvalue weighted by molar-refractivity contribution is 0.0625. The van der Waals surface area contributed by atoms with Gasteiger partial charge in [0.15, 0.2) is 9.84 Å². The number of halogens is 2. The second-order valence-corrected chi connectivity index (χ2v) is 12.0. The predicted octanol–water partition coefficient (Wildman–Crippen LogP) is 3.19. The van der Waals surface area contributed by atoms with E-state index in [1.807, 2.05) is 0 Å². The molecule has 2 atom stereocenters. The molecule has 1 aromatic heterocycles. The largest absolute Gasteiger partial charge is 0.386 e. The second-order valence-electron chi connectivity index (χ2n) is 9.53. The van der Waals surface area contributed by atoms with Crippen LogP contribution in [0.25, 0.3) is 0 Å². The van der Waals surface area contributed by atoms with E-state index in [2.05, 4.69) is 15.3 Å². The molecular weight excluding hydrogens is 478 g/mol. The third-order valence-corrected chi connectivity index (χ3v) is 9.54. The van der Waals surface area contributed by atoms with Crippen molar-refractivity contribution in [1.82, 2.24) is 4.98 Å². The van der Waals surface area contributed by atoms with E-state index in [9.17, 15) is 22.0 Å². The molecule has 1 amide bonds. The molecule has 4 rings (SSSR count). The molecule has 0 aliphatic carbocycles. The summed E-state index contributed by atoms with van der Waals surface area (Å²) in [6.45, 7) is 4.25. The Bertz CT molecular complexity index is 1260. The lowest BCUT2D eigenvalue weighted by Gasteiger charge is -2.41. The van der Waals surface area contributed by atoms with E-state index < -0.39 is 43.4 Å². The SMILES string of the molecule is CC1(CC2CCOCC2)C(N)=N[C@](C)(c2cc(NC(=O)c3ccc(F)cn3)ccc2F)CS1(=O)=O. The van der Waals surface area contributed by atoms with Crippen molar-refractivity contribution < 1.29 is 26.7 Å². The summed E-state index contributed by atoms with van der Waals surface area (Å²) in [5.74, 6) is -2.24. The van der Waals surface area contributed by atoms with Crippen molar-refractivity contribution in [3.8, 4) is 0 Å². The number of nitrogens with two attached hydrogens (primary N) is 1. The molecule has 1 saturated heterocycles. The van der Waals surface area contributed by atoms with E-state index in [-0.39, 0.29) is 28.7 Å². The van der Waals surface area contributed by atoms with Crippen LogP contribution >= 0.6 is 0 Å². The molecule has 2 aromatic rings. The number of nitrogens with one attached hydrogen (secondary N) is 1. The first-order valence-corrected chi connectivity index (χ1v) is 13.0. The fourth-order valence-corrected chi connectivity index (χ4v) is 6.83. The lowest BCUT2D eigenvalue weighted by Crippen LogP contribution is -2.57. The van der Waals surface area contributed by atoms with Gasteiger partial charge in [0, 0.05) is 24.5 Å². The molecule has 1 fully saturated rings. The summed E-state index contributed by atoms with van der Waals surface area (Å²) in [6, 6.07) is 6.12. The second kappa shape index (κ2) is 9.27. The average molecular weight is 507 g/mol. The summed E-state index contributed by atoms with van der Waals surface area (Å²) in [7, 11) is -3.82. The third-order valence-electron chi connectivity index (χ3n) is 6.85. The molecule has 11 heteroatoms. The first-order chi connectivity index (χ1) is 16.4. The van der Waals surface area contributed by atoms with E-state index in [0.717, 1.165) is 31.2 Å². The number of nitrogens with zero attached hydrogens (tertiary/aromatic N) is 2. The fourth-order valence-electron chi connectivity index (χ4n) is 4.70. The molecule has 35 heavy (non-hydrogen) atoms. The molecule has 3 heterocycles. The van der Waals surface area contributed by atoms with Crippen molar-refractivity contribution >= 4 is 27.3 Å². The highest BCUT2D eigenvalue weighted by atomic mass is 32.2. The molecule has 1 aromatic carbocycles. The lowest BCUT2D eigenvalue weighted by atomic mass is 9.87. The number of anilines is 1. The number of amides is 1. The maximum atomic E-state index is 15.0. The zero-order chi connectivity index (χ0) is 25.4. The Kier molecular flexibility index (Phi) is 6.67. The van der Waals surface area contributed by atoms with Gasteiger partial charge in [0.25, 0.3) is 5.91 Å². The van der Waals surface area contributed by atoms with Crippen molar-refractivity contribution in [1.29, 1.82) is 0 Å². The topological polar surface area (TPSA) is 124 Å². The minimum Gasteiger partial charge on any atom is -0.386 e. The Morgan fingerprint density at radius 3 is 2.54 bits per heavy atom. The summed E-state index contributed by atoms with van der Waals surface area (Å²) in [6.07, 6.45) is 2.73. The number of benzene rings is 1. The highest BCUT2D eigenvalue weighted by Gasteiger charge is 2.53. The highest BCUT2D eigenvalue weighted by molar-refractivity contribution is 7.93. The maximum Gasteiger partial charge on any atom is 0.274 e. The quantitative estimate of drug-likeness (QED) is 0.642. The first kappa shape index (κ1) is 25.2. The number of carbonyl (C=O) groups is 1. The van der Waals surface area contributed by atoms with Crippen LogP contribution in [0.4, 0.5) is 14.5 Å². The summed E-state index contributed by atoms with van der Waals surface area (Å²) < 4.78 is 59.2. The molecule has 2 aliphatic rings. The molecule has 0 bridgehead atoms. The summed E-state index contributed by atoms with van der Waals surface area (Å²) >= 11 is 0. The first-order valence-electron chi connectivity index (χ1n) is 11.3. The molecular formula is C24H28F2N4O4S. The number of aromatic nitrogens is 1. The minimum atomic E-state index is -3.82. The van der Waals surface area contributed by atoms with Gasteiger partial charge in [0.05, 0.1) is 11.9 Å². The van der Waals surface area contributed by atoms with Crippen LogP contribution in [0.2, 0.25) is 0 Å². The van der Waals surface area contributed by atoms with Crippen LogP contribution in [0.15, 0.2) is 41.5 Å². The number of sulfone groups is 1. The molecule has 0 saturated carbocycles. The van der Waals surface area contributed by atoms with Gasteiger partial charge in [0.2, 0.25) is 0 Å². The van der Waals surface area contributed by atoms with Crippen molar-refractivity contribution in [2.45, 2.75) is 43.4 Å². The van der Waals surface area contributed by atoms with Gasteiger partial charge in [-0.25, -0.2) is 22.2 Å². The molecule has 8 nitrogen and oxygen atoms in total. The van der Waals surface area contributed by atoms with Crippen molar-refractivity contribution in [2.24, 2.45) is 16.6 Å². The van der Waals surface area contributed by atoms with Crippen LogP contribution in [-0.4, -0.2) is 48.9 Å². The van der Waals surface area contributed by atoms with E-state index in [1.165, 1.54) is 25.1 Å². The van der Waals surface area contributed by atoms with Crippen molar-refractivity contribution in [3.05, 3.63) is 59.4 Å². The average Bonchev–Trinajstić information content (AvgIpc) is 2.80. The summed E-state index contributed by atoms with van der Waals surface area (Å²) in [5.41, 5.74) is 4.96. The Balaban J connectivity index is 1.64. The maximum absolute atomic E-state index is 15.0. The van der Waals surface area contributed by atoms with Crippen LogP contribution in [0.1, 0.15) is 49.2 Å². The Morgan fingerprint density at radius 2 is 1.91 bits per heavy atom. The van der Waals surface area contributed by atoms with E-state index in [0.29, 0.717) is 19.6 Å². The van der Waals surface area contributed by atoms with Gasteiger partial charge in [-0.1, -0.05) is 0 Å². The number of carbonyl (C=O) groups excluding carboxylic acids is 1. The van der Waals surface area contributed by atoms with Gasteiger partial charge in [-0.15, -0.1) is 0 Å². The summed E-state index contributed by atoms with van der Waals surface area (Å²) in [4.78, 5) is 20.7. The molecule has 188 valence electrons. The standard InChI is InChI=1S/C24H28F2N4O4S/c1-23(14-35(32,33)24(2,22(27)30-23)12-15-7-9-34-10-8-15)18-11-17(4-5-19(18)26)29-21(31)20-6-3-16(25)13-28-20/h3-6,11,13,15H,7-10,12,14H2,1-2H3,(H2,27,30)(H,29,31)/t23-,24?/m0/s1. The molecule has 0 radical (unpaired) electrons. The van der Waals surface area contributed by atoms with Crippen LogP contribution in [-0.2, 0) is 20.1 Å². The number of ether oxygens (including phenoxy) is 1. The normalized spacial score (nSPS) is 26.7. The van der Waals surface area contributed by atoms with Crippen molar-refractivity contribution in [3.63, 3.8) is 0 Å². The summed E-state index contributed by atoms with van der Waals surface area (Å²) in [5, 5.41) is 2.57. The monoisotopic (exact) mass is 506 g/mol. The number of rotatable bonds is 5. The molecule has 1 unspecified atom stereocenters. The van der Waals surface area contributed by atoms with Crippen molar-refractivity contribution in [2.75, 3.05) is 24.3 Å². The van der Waals surface area contributed by atoms with Gasteiger partial charge in [-0.3, -0.25) is 9.79 Å². The Labute approximate surface area is 202 Å². The third kappa shape index (κ3) is 4.92. The Morgan fingerprint density at radius 1 is 1.20 bits per heavy atom. The van der Waals surface area contributed by atoms with Crippen LogP contribution in [0.5, 0.6) is 0 Å². The number of hydrogen-bond donors (Lipinski definition) is 2. The van der Waals surface area contributed by atoms with Gasteiger partial charge in [0.1, 0.15) is 33.4 Å². The van der Waals surface area contributed by atoms with Crippen LogP contribution in [0, 0.1) is 17.6 Å². The van der Waals surface area contributed by atoms with Crippen LogP contribution in [0.3, 0.4) is 0 Å². The van der Waals surface area contributed by atoms with Gasteiger partial charge in [-0.2, -0.15) is 0 Å². The highest BCUT2D eigenvalue weighted by Crippen LogP contribution is 2.42. The van der Waals surface area contributed by atoms with Gasteiger partial charge < -0.3 is 15.8 Å². The smallest absolute Gasteiger partial charge is 0.274 e. The molecule has 3 N–H and O–H groups in total. The van der Waals surface area contributed by atoms with Gasteiger partial charge >= 0.3 is 0 Å². The zero-order valence-corrected chi connectivity index (χ0v) is 20.4. The van der Waals surface area contributed by atoms with Crippen LogP contribution < -0.4 is 11.1 Å². The zero-order valence-electron chi connectivity index (χ0n) is 19.6. The molecule has 2 aliphatic heterocycles. The predicted molar refractivity (Wildman–Crippen MR) is 128 cm³/mol. The van der Waals surface area contributed by atoms with Gasteiger partial charge in [-0.05, 0) is 69.4 Å². The Hall–Kier alpha value is -2.92.